The number of carbonyl (C=O) groups is 1. The van der Waals surface area contributed by atoms with Crippen molar-refractivity contribution in [3.63, 3.8) is 0 Å². The van der Waals surface area contributed by atoms with E-state index >= 15 is 0 Å². The van der Waals surface area contributed by atoms with Crippen LogP contribution >= 0.6 is 0 Å². The van der Waals surface area contributed by atoms with Gasteiger partial charge in [0.25, 0.3) is 0 Å². The Morgan fingerprint density at radius 3 is 2.61 bits per heavy atom. The lowest BCUT2D eigenvalue weighted by Gasteiger charge is -2.31. The molecule has 3 rings (SSSR count). The summed E-state index contributed by atoms with van der Waals surface area (Å²) in [7, 11) is -3.72. The zero-order valence-electron chi connectivity index (χ0n) is 15.6. The highest BCUT2D eigenvalue weighted by Gasteiger charge is 2.33. The van der Waals surface area contributed by atoms with Crippen LogP contribution in [0.4, 0.5) is 10.1 Å². The summed E-state index contributed by atoms with van der Waals surface area (Å²) in [6.45, 7) is 2.76. The van der Waals surface area contributed by atoms with Gasteiger partial charge in [-0.1, -0.05) is 12.1 Å². The van der Waals surface area contributed by atoms with Crippen molar-refractivity contribution in [3.8, 4) is 5.75 Å². The van der Waals surface area contributed by atoms with E-state index in [-0.39, 0.29) is 23.0 Å². The second kappa shape index (κ2) is 8.70. The fourth-order valence-corrected chi connectivity index (χ4v) is 4.72. The molecular weight excluding hydrogens is 383 g/mol. The molecule has 2 aromatic carbocycles. The Bertz CT molecular complexity index is 931. The molecule has 28 heavy (non-hydrogen) atoms. The Kier molecular flexibility index (Phi) is 6.31. The molecule has 1 atom stereocenters. The molecule has 1 N–H and O–H groups in total. The number of hydrogen-bond acceptors (Lipinski definition) is 4. The van der Waals surface area contributed by atoms with Crippen molar-refractivity contribution in [2.24, 2.45) is 5.92 Å². The van der Waals surface area contributed by atoms with Gasteiger partial charge in [0, 0.05) is 13.1 Å². The molecule has 0 aromatic heterocycles. The van der Waals surface area contributed by atoms with Crippen molar-refractivity contribution >= 4 is 21.6 Å². The Labute approximate surface area is 164 Å². The molecule has 8 heteroatoms. The molecule has 150 valence electrons. The molecule has 1 fully saturated rings. The highest BCUT2D eigenvalue weighted by Crippen LogP contribution is 2.26. The van der Waals surface area contributed by atoms with Crippen LogP contribution in [0.25, 0.3) is 0 Å². The van der Waals surface area contributed by atoms with Crippen LogP contribution in [-0.2, 0) is 14.8 Å². The summed E-state index contributed by atoms with van der Waals surface area (Å²) in [5, 5.41) is 2.56. The van der Waals surface area contributed by atoms with E-state index in [4.69, 9.17) is 4.74 Å². The molecule has 0 radical (unpaired) electrons. The SMILES string of the molecule is CCOc1ccc(S(=O)(=O)N2CCC[C@@H](C(=O)Nc3ccccc3F)C2)cc1. The summed E-state index contributed by atoms with van der Waals surface area (Å²) in [6, 6.07) is 12.1. The quantitative estimate of drug-likeness (QED) is 0.799. The van der Waals surface area contributed by atoms with E-state index in [0.29, 0.717) is 31.7 Å². The van der Waals surface area contributed by atoms with Gasteiger partial charge in [0.15, 0.2) is 0 Å². The predicted octanol–water partition coefficient (Wildman–Crippen LogP) is 3.26. The van der Waals surface area contributed by atoms with E-state index in [1.54, 1.807) is 18.2 Å². The average molecular weight is 406 g/mol. The summed E-state index contributed by atoms with van der Waals surface area (Å²) in [5.41, 5.74) is 0.0963. The van der Waals surface area contributed by atoms with E-state index in [2.05, 4.69) is 5.32 Å². The number of amides is 1. The van der Waals surface area contributed by atoms with Crippen LogP contribution in [0.2, 0.25) is 0 Å². The van der Waals surface area contributed by atoms with E-state index < -0.39 is 21.8 Å². The number of para-hydroxylation sites is 1. The van der Waals surface area contributed by atoms with Gasteiger partial charge in [-0.2, -0.15) is 4.31 Å². The molecule has 1 saturated heterocycles. The van der Waals surface area contributed by atoms with Gasteiger partial charge in [0.2, 0.25) is 15.9 Å². The van der Waals surface area contributed by atoms with Gasteiger partial charge in [-0.05, 0) is 56.2 Å². The highest BCUT2D eigenvalue weighted by atomic mass is 32.2. The standard InChI is InChI=1S/C20H23FN2O4S/c1-2-27-16-9-11-17(12-10-16)28(25,26)23-13-5-6-15(14-23)20(24)22-19-8-4-3-7-18(19)21/h3-4,7-12,15H,2,5-6,13-14H2,1H3,(H,22,24)/t15-/m1/s1. The van der Waals surface area contributed by atoms with Crippen molar-refractivity contribution in [1.82, 2.24) is 4.31 Å². The van der Waals surface area contributed by atoms with Crippen LogP contribution < -0.4 is 10.1 Å². The Hall–Kier alpha value is -2.45. The molecule has 1 aliphatic rings. The molecular formula is C20H23FN2O4S. The number of carbonyl (C=O) groups excluding carboxylic acids is 1. The summed E-state index contributed by atoms with van der Waals surface area (Å²) in [5.74, 6) is -0.838. The van der Waals surface area contributed by atoms with E-state index in [1.807, 2.05) is 6.92 Å². The Morgan fingerprint density at radius 1 is 1.21 bits per heavy atom. The van der Waals surface area contributed by atoms with Crippen LogP contribution in [0.1, 0.15) is 19.8 Å². The number of sulfonamides is 1. The number of halogens is 1. The molecule has 0 bridgehead atoms. The number of piperidine rings is 1. The first-order valence-corrected chi connectivity index (χ1v) is 10.6. The molecule has 1 heterocycles. The third kappa shape index (κ3) is 4.51. The lowest BCUT2D eigenvalue weighted by Crippen LogP contribution is -2.43. The highest BCUT2D eigenvalue weighted by molar-refractivity contribution is 7.89. The Morgan fingerprint density at radius 2 is 1.93 bits per heavy atom. The monoisotopic (exact) mass is 406 g/mol. The second-order valence-electron chi connectivity index (χ2n) is 6.58. The molecule has 2 aromatic rings. The van der Waals surface area contributed by atoms with Gasteiger partial charge in [-0.25, -0.2) is 12.8 Å². The maximum atomic E-state index is 13.8. The van der Waals surface area contributed by atoms with Crippen LogP contribution in [0.5, 0.6) is 5.75 Å². The van der Waals surface area contributed by atoms with Crippen LogP contribution in [0, 0.1) is 11.7 Å². The third-order valence-electron chi connectivity index (χ3n) is 4.66. The molecule has 6 nitrogen and oxygen atoms in total. The minimum absolute atomic E-state index is 0.0653. The first-order valence-electron chi connectivity index (χ1n) is 9.20. The van der Waals surface area contributed by atoms with Crippen LogP contribution in [0.15, 0.2) is 53.4 Å². The minimum atomic E-state index is -3.72. The van der Waals surface area contributed by atoms with Crippen molar-refractivity contribution in [3.05, 3.63) is 54.3 Å². The van der Waals surface area contributed by atoms with Gasteiger partial charge >= 0.3 is 0 Å². The minimum Gasteiger partial charge on any atom is -0.494 e. The molecule has 1 amide bonds. The fraction of sp³-hybridized carbons (Fsp3) is 0.350. The van der Waals surface area contributed by atoms with Gasteiger partial charge in [-0.15, -0.1) is 0 Å². The maximum Gasteiger partial charge on any atom is 0.243 e. The van der Waals surface area contributed by atoms with E-state index in [0.717, 1.165) is 0 Å². The summed E-state index contributed by atoms with van der Waals surface area (Å²) < 4.78 is 46.3. The molecule has 0 spiro atoms. The number of rotatable bonds is 6. The van der Waals surface area contributed by atoms with Crippen molar-refractivity contribution in [1.29, 1.82) is 0 Å². The number of benzene rings is 2. The Balaban J connectivity index is 1.71. The second-order valence-corrected chi connectivity index (χ2v) is 8.51. The van der Waals surface area contributed by atoms with Crippen molar-refractivity contribution in [2.75, 3.05) is 25.0 Å². The average Bonchev–Trinajstić information content (AvgIpc) is 2.70. The van der Waals surface area contributed by atoms with E-state index in [1.165, 1.54) is 34.6 Å². The molecule has 0 saturated carbocycles. The van der Waals surface area contributed by atoms with Crippen LogP contribution in [0.3, 0.4) is 0 Å². The zero-order chi connectivity index (χ0) is 20.1. The van der Waals surface area contributed by atoms with Crippen molar-refractivity contribution < 1.29 is 22.3 Å². The zero-order valence-corrected chi connectivity index (χ0v) is 16.4. The number of nitrogens with one attached hydrogen (secondary N) is 1. The first-order chi connectivity index (χ1) is 13.4. The molecule has 0 aliphatic carbocycles. The van der Waals surface area contributed by atoms with Gasteiger partial charge in [0.05, 0.1) is 23.1 Å². The lowest BCUT2D eigenvalue weighted by atomic mass is 9.98. The summed E-state index contributed by atoms with van der Waals surface area (Å²) in [4.78, 5) is 12.7. The maximum absolute atomic E-state index is 13.8. The number of anilines is 1. The topological polar surface area (TPSA) is 75.7 Å². The smallest absolute Gasteiger partial charge is 0.243 e. The first kappa shape index (κ1) is 20.3. The van der Waals surface area contributed by atoms with Gasteiger partial charge < -0.3 is 10.1 Å². The third-order valence-corrected chi connectivity index (χ3v) is 6.54. The molecule has 0 unspecified atom stereocenters. The summed E-state index contributed by atoms with van der Waals surface area (Å²) in [6.07, 6.45) is 1.11. The lowest BCUT2D eigenvalue weighted by molar-refractivity contribution is -0.120. The number of hydrogen-bond donors (Lipinski definition) is 1. The van der Waals surface area contributed by atoms with Crippen LogP contribution in [-0.4, -0.2) is 38.3 Å². The summed E-state index contributed by atoms with van der Waals surface area (Å²) >= 11 is 0. The van der Waals surface area contributed by atoms with Gasteiger partial charge in [-0.3, -0.25) is 4.79 Å². The number of nitrogens with zero attached hydrogens (tertiary/aromatic N) is 1. The fourth-order valence-electron chi connectivity index (χ4n) is 3.20. The largest absolute Gasteiger partial charge is 0.494 e. The molecule has 1 aliphatic heterocycles. The number of ether oxygens (including phenoxy) is 1. The van der Waals surface area contributed by atoms with Crippen molar-refractivity contribution in [2.45, 2.75) is 24.7 Å². The van der Waals surface area contributed by atoms with Gasteiger partial charge in [0.1, 0.15) is 11.6 Å². The van der Waals surface area contributed by atoms with E-state index in [9.17, 15) is 17.6 Å². The normalized spacial score (nSPS) is 17.9. The predicted molar refractivity (Wildman–Crippen MR) is 104 cm³/mol.